The van der Waals surface area contributed by atoms with E-state index >= 15 is 0 Å². The van der Waals surface area contributed by atoms with Crippen molar-refractivity contribution in [2.75, 3.05) is 18.1 Å². The van der Waals surface area contributed by atoms with E-state index in [9.17, 15) is 13.2 Å². The normalized spacial score (nSPS) is 12.5. The molecule has 5 nitrogen and oxygen atoms in total. The summed E-state index contributed by atoms with van der Waals surface area (Å²) in [4.78, 5) is 14.1. The zero-order chi connectivity index (χ0) is 19.7. The SMILES string of the molecule is CS(=O)(=O)NCCc1ccc(C(=O)Nc2ccc3c(c2)Cc2ccccc2-3)s1. The lowest BCUT2D eigenvalue weighted by atomic mass is 10.1. The maximum atomic E-state index is 12.6. The highest BCUT2D eigenvalue weighted by Gasteiger charge is 2.18. The van der Waals surface area contributed by atoms with Gasteiger partial charge in [0, 0.05) is 17.1 Å². The Bertz CT molecular complexity index is 1150. The van der Waals surface area contributed by atoms with Gasteiger partial charge in [-0.25, -0.2) is 13.1 Å². The molecule has 0 unspecified atom stereocenters. The third-order valence-electron chi connectivity index (χ3n) is 4.67. The number of sulfonamides is 1. The van der Waals surface area contributed by atoms with Crippen LogP contribution in [0.1, 0.15) is 25.7 Å². The van der Waals surface area contributed by atoms with Gasteiger partial charge in [0.15, 0.2) is 0 Å². The first kappa shape index (κ1) is 18.9. The highest BCUT2D eigenvalue weighted by atomic mass is 32.2. The second kappa shape index (κ2) is 7.50. The molecule has 7 heteroatoms. The zero-order valence-electron chi connectivity index (χ0n) is 15.4. The summed E-state index contributed by atoms with van der Waals surface area (Å²) in [5.41, 5.74) is 5.81. The van der Waals surface area contributed by atoms with Crippen molar-refractivity contribution in [3.8, 4) is 11.1 Å². The minimum atomic E-state index is -3.19. The van der Waals surface area contributed by atoms with Crippen molar-refractivity contribution in [1.82, 2.24) is 4.72 Å². The monoisotopic (exact) mass is 412 g/mol. The molecule has 0 fully saturated rings. The lowest BCUT2D eigenvalue weighted by Gasteiger charge is -2.07. The third-order valence-corrected chi connectivity index (χ3v) is 6.54. The van der Waals surface area contributed by atoms with E-state index in [4.69, 9.17) is 0 Å². The quantitative estimate of drug-likeness (QED) is 0.507. The van der Waals surface area contributed by atoms with E-state index < -0.39 is 10.0 Å². The van der Waals surface area contributed by atoms with E-state index in [2.05, 4.69) is 28.2 Å². The molecule has 0 radical (unpaired) electrons. The van der Waals surface area contributed by atoms with Crippen LogP contribution < -0.4 is 10.0 Å². The number of rotatable bonds is 6. The summed E-state index contributed by atoms with van der Waals surface area (Å²) in [7, 11) is -3.19. The first-order valence-electron chi connectivity index (χ1n) is 8.95. The Labute approximate surface area is 168 Å². The second-order valence-electron chi connectivity index (χ2n) is 6.84. The predicted molar refractivity (Wildman–Crippen MR) is 114 cm³/mol. The molecule has 1 aromatic heterocycles. The molecular weight excluding hydrogens is 392 g/mol. The third kappa shape index (κ3) is 4.16. The molecule has 0 saturated carbocycles. The first-order valence-corrected chi connectivity index (χ1v) is 11.7. The van der Waals surface area contributed by atoms with Gasteiger partial charge in [-0.15, -0.1) is 11.3 Å². The predicted octanol–water partition coefficient (Wildman–Crippen LogP) is 3.66. The molecule has 0 aliphatic heterocycles. The Hall–Kier alpha value is -2.48. The van der Waals surface area contributed by atoms with Gasteiger partial charge in [0.1, 0.15) is 0 Å². The van der Waals surface area contributed by atoms with Crippen molar-refractivity contribution in [1.29, 1.82) is 0 Å². The van der Waals surface area contributed by atoms with Gasteiger partial charge in [-0.3, -0.25) is 4.79 Å². The Morgan fingerprint density at radius 1 is 1.04 bits per heavy atom. The van der Waals surface area contributed by atoms with Gasteiger partial charge >= 0.3 is 0 Å². The molecule has 0 atom stereocenters. The molecule has 1 heterocycles. The smallest absolute Gasteiger partial charge is 0.265 e. The highest BCUT2D eigenvalue weighted by Crippen LogP contribution is 2.37. The molecule has 0 saturated heterocycles. The molecule has 0 spiro atoms. The van der Waals surface area contributed by atoms with E-state index in [1.165, 1.54) is 33.6 Å². The summed E-state index contributed by atoms with van der Waals surface area (Å²) >= 11 is 1.38. The minimum Gasteiger partial charge on any atom is -0.321 e. The number of thiophene rings is 1. The zero-order valence-corrected chi connectivity index (χ0v) is 17.0. The molecule has 144 valence electrons. The topological polar surface area (TPSA) is 75.3 Å². The molecular formula is C21H20N2O3S2. The van der Waals surface area contributed by atoms with E-state index in [1.807, 2.05) is 30.3 Å². The average molecular weight is 413 g/mol. The van der Waals surface area contributed by atoms with Crippen LogP contribution in [-0.4, -0.2) is 27.1 Å². The Morgan fingerprint density at radius 2 is 1.82 bits per heavy atom. The van der Waals surface area contributed by atoms with Crippen LogP contribution in [0.25, 0.3) is 11.1 Å². The van der Waals surface area contributed by atoms with Crippen molar-refractivity contribution >= 4 is 33.0 Å². The Kier molecular flexibility index (Phi) is 5.05. The van der Waals surface area contributed by atoms with Crippen molar-refractivity contribution in [2.45, 2.75) is 12.8 Å². The first-order chi connectivity index (χ1) is 13.4. The fourth-order valence-corrected chi connectivity index (χ4v) is 4.78. The van der Waals surface area contributed by atoms with Crippen LogP contribution in [0.3, 0.4) is 0 Å². The molecule has 1 amide bonds. The minimum absolute atomic E-state index is 0.150. The van der Waals surface area contributed by atoms with Crippen LogP contribution in [0.5, 0.6) is 0 Å². The molecule has 1 aliphatic carbocycles. The average Bonchev–Trinajstić information content (AvgIpc) is 3.24. The summed E-state index contributed by atoms with van der Waals surface area (Å²) in [5.74, 6) is -0.150. The highest BCUT2D eigenvalue weighted by molar-refractivity contribution is 7.88. The van der Waals surface area contributed by atoms with Gasteiger partial charge in [-0.1, -0.05) is 30.3 Å². The van der Waals surface area contributed by atoms with Gasteiger partial charge < -0.3 is 5.32 Å². The lowest BCUT2D eigenvalue weighted by Crippen LogP contribution is -2.24. The second-order valence-corrected chi connectivity index (χ2v) is 9.84. The van der Waals surface area contributed by atoms with E-state index in [0.717, 1.165) is 23.2 Å². The summed E-state index contributed by atoms with van der Waals surface area (Å²) in [5, 5.41) is 2.97. The summed E-state index contributed by atoms with van der Waals surface area (Å²) < 4.78 is 24.7. The van der Waals surface area contributed by atoms with Gasteiger partial charge in [0.05, 0.1) is 11.1 Å². The number of carbonyl (C=O) groups is 1. The number of benzene rings is 2. The summed E-state index contributed by atoms with van der Waals surface area (Å²) in [6.07, 6.45) is 2.57. The Morgan fingerprint density at radius 3 is 2.64 bits per heavy atom. The summed E-state index contributed by atoms with van der Waals surface area (Å²) in [6, 6.07) is 18.0. The van der Waals surface area contributed by atoms with Crippen molar-refractivity contribution in [3.05, 3.63) is 75.5 Å². The van der Waals surface area contributed by atoms with E-state index in [0.29, 0.717) is 17.8 Å². The Balaban J connectivity index is 1.42. The maximum absolute atomic E-state index is 12.6. The number of hydrogen-bond acceptors (Lipinski definition) is 4. The van der Waals surface area contributed by atoms with Crippen LogP contribution >= 0.6 is 11.3 Å². The van der Waals surface area contributed by atoms with Crippen molar-refractivity contribution in [3.63, 3.8) is 0 Å². The number of amides is 1. The van der Waals surface area contributed by atoms with Crippen LogP contribution in [0, 0.1) is 0 Å². The molecule has 2 aromatic carbocycles. The molecule has 2 N–H and O–H groups in total. The van der Waals surface area contributed by atoms with Gasteiger partial charge in [-0.2, -0.15) is 0 Å². The fourth-order valence-electron chi connectivity index (χ4n) is 3.41. The number of carbonyl (C=O) groups excluding carboxylic acids is 1. The van der Waals surface area contributed by atoms with Gasteiger partial charge in [0.25, 0.3) is 5.91 Å². The van der Waals surface area contributed by atoms with Crippen molar-refractivity contribution in [2.24, 2.45) is 0 Å². The molecule has 3 aromatic rings. The number of fused-ring (bicyclic) bond motifs is 3. The van der Waals surface area contributed by atoms with Crippen LogP contribution in [0.15, 0.2) is 54.6 Å². The molecule has 28 heavy (non-hydrogen) atoms. The number of hydrogen-bond donors (Lipinski definition) is 2. The van der Waals surface area contributed by atoms with Gasteiger partial charge in [-0.05, 0) is 59.4 Å². The van der Waals surface area contributed by atoms with Crippen LogP contribution in [-0.2, 0) is 22.9 Å². The molecule has 0 bridgehead atoms. The van der Waals surface area contributed by atoms with Crippen LogP contribution in [0.4, 0.5) is 5.69 Å². The maximum Gasteiger partial charge on any atom is 0.265 e. The lowest BCUT2D eigenvalue weighted by molar-refractivity contribution is 0.103. The fraction of sp³-hybridized carbons (Fsp3) is 0.190. The largest absolute Gasteiger partial charge is 0.321 e. The summed E-state index contributed by atoms with van der Waals surface area (Å²) in [6.45, 7) is 0.325. The van der Waals surface area contributed by atoms with Crippen molar-refractivity contribution < 1.29 is 13.2 Å². The number of anilines is 1. The van der Waals surface area contributed by atoms with Crippen LogP contribution in [0.2, 0.25) is 0 Å². The van der Waals surface area contributed by atoms with Gasteiger partial charge in [0.2, 0.25) is 10.0 Å². The van der Waals surface area contributed by atoms with E-state index in [-0.39, 0.29) is 5.91 Å². The van der Waals surface area contributed by atoms with E-state index in [1.54, 1.807) is 6.07 Å². The standard InChI is InChI=1S/C21H20N2O3S2/c1-28(25,26)22-11-10-17-7-9-20(27-17)21(24)23-16-6-8-19-15(13-16)12-14-4-2-3-5-18(14)19/h2-9,13,22H,10-12H2,1H3,(H,23,24). The molecule has 1 aliphatic rings. The molecule has 4 rings (SSSR count). The number of nitrogens with one attached hydrogen (secondary N) is 2.